The van der Waals surface area contributed by atoms with Gasteiger partial charge in [-0.25, -0.2) is 4.79 Å². The Balaban J connectivity index is 0.000000378. The van der Waals surface area contributed by atoms with Crippen molar-refractivity contribution in [2.45, 2.75) is 85.3 Å². The Morgan fingerprint density at radius 3 is 1.85 bits per heavy atom. The van der Waals surface area contributed by atoms with Crippen molar-refractivity contribution in [3.8, 4) is 5.75 Å². The second-order valence-electron chi connectivity index (χ2n) is 13.5. The van der Waals surface area contributed by atoms with Crippen molar-refractivity contribution < 1.29 is 42.2 Å². The first-order valence-electron chi connectivity index (χ1n) is 18.0. The van der Waals surface area contributed by atoms with Gasteiger partial charge in [0.2, 0.25) is 5.78 Å². The number of carbonyl (C=O) groups is 4. The predicted octanol–water partition coefficient (Wildman–Crippen LogP) is 7.08. The number of ketones is 2. The number of alkyl carbamates (subject to hydrolysis) is 1. The molecule has 0 saturated carbocycles. The molecule has 0 bridgehead atoms. The summed E-state index contributed by atoms with van der Waals surface area (Å²) in [4.78, 5) is 55.4. The second kappa shape index (κ2) is 22.6. The molecular weight excluding hydrogens is 710 g/mol. The topological polar surface area (TPSA) is 146 Å². The number of halogens is 2. The van der Waals surface area contributed by atoms with E-state index in [-0.39, 0.29) is 43.9 Å². The van der Waals surface area contributed by atoms with E-state index in [4.69, 9.17) is 14.2 Å². The molecule has 294 valence electrons. The van der Waals surface area contributed by atoms with Gasteiger partial charge in [-0.2, -0.15) is 8.78 Å². The van der Waals surface area contributed by atoms with Crippen molar-refractivity contribution in [2.24, 2.45) is 11.8 Å². The summed E-state index contributed by atoms with van der Waals surface area (Å²) in [5.41, 5.74) is 3.35. The van der Waals surface area contributed by atoms with Gasteiger partial charge in [0.15, 0.2) is 5.78 Å². The first-order valence-corrected chi connectivity index (χ1v) is 18.0. The smallest absolute Gasteiger partial charge is 0.408 e. The monoisotopic (exact) mass is 760 g/mol. The molecule has 2 heterocycles. The molecule has 0 aliphatic heterocycles. The van der Waals surface area contributed by atoms with Crippen LogP contribution in [-0.2, 0) is 50.1 Å². The summed E-state index contributed by atoms with van der Waals surface area (Å²) in [6.45, 7) is 9.57. The standard InChI is InChI=1S/C29H32F2N2O4.C13H18N2O3/c1-21(2)26(20-36-18-24-9-6-16-32-17-24)33-28(35)29(30,31)27(34)15-12-22-10-13-25(14-11-22)37-19-23-7-4-3-5-8-23;1-9(2)12(10(3)16)15-13(17)18-8-11-5-4-6-14-7-11/h3-11,13-14,16-17,21,26H,12,15,18-20H2,1-2H3,(H,33,35);4-7,9,12H,8H2,1-3H3,(H,15,17)/t;12-/m.0/s1. The van der Waals surface area contributed by atoms with Crippen LogP contribution in [0.25, 0.3) is 0 Å². The zero-order chi connectivity index (χ0) is 40.2. The highest BCUT2D eigenvalue weighted by Gasteiger charge is 2.47. The van der Waals surface area contributed by atoms with Crippen LogP contribution in [0.15, 0.2) is 104 Å². The summed E-state index contributed by atoms with van der Waals surface area (Å²) in [5, 5.41) is 4.85. The third-order valence-electron chi connectivity index (χ3n) is 8.33. The lowest BCUT2D eigenvalue weighted by Crippen LogP contribution is -2.52. The minimum atomic E-state index is -4.13. The predicted molar refractivity (Wildman–Crippen MR) is 203 cm³/mol. The molecule has 0 aliphatic rings. The van der Waals surface area contributed by atoms with E-state index in [2.05, 4.69) is 20.6 Å². The van der Waals surface area contributed by atoms with Crippen LogP contribution >= 0.6 is 0 Å². The van der Waals surface area contributed by atoms with Gasteiger partial charge in [0.25, 0.3) is 5.91 Å². The lowest BCUT2D eigenvalue weighted by Gasteiger charge is -2.24. The third kappa shape index (κ3) is 15.8. The molecule has 13 heteroatoms. The number of rotatable bonds is 19. The van der Waals surface area contributed by atoms with Gasteiger partial charge < -0.3 is 24.8 Å². The number of nitrogens with zero attached hydrogens (tertiary/aromatic N) is 2. The number of pyridine rings is 2. The van der Waals surface area contributed by atoms with Crippen LogP contribution in [0, 0.1) is 11.8 Å². The van der Waals surface area contributed by atoms with Gasteiger partial charge in [-0.05, 0) is 66.1 Å². The molecule has 2 aromatic heterocycles. The molecule has 2 atom stereocenters. The maximum Gasteiger partial charge on any atom is 0.408 e. The van der Waals surface area contributed by atoms with Crippen molar-refractivity contribution in [3.05, 3.63) is 126 Å². The van der Waals surface area contributed by atoms with Crippen LogP contribution in [0.5, 0.6) is 5.75 Å². The number of hydrogen-bond donors (Lipinski definition) is 2. The van der Waals surface area contributed by atoms with Gasteiger partial charge in [0, 0.05) is 36.8 Å². The average molecular weight is 761 g/mol. The molecule has 0 aliphatic carbocycles. The Bertz CT molecular complexity index is 1760. The summed E-state index contributed by atoms with van der Waals surface area (Å²) < 4.78 is 45.5. The molecule has 2 amide bonds. The molecule has 4 aromatic rings. The summed E-state index contributed by atoms with van der Waals surface area (Å²) in [5.74, 6) is -6.74. The highest BCUT2D eigenvalue weighted by Crippen LogP contribution is 2.21. The molecule has 11 nitrogen and oxygen atoms in total. The van der Waals surface area contributed by atoms with Gasteiger partial charge in [0.05, 0.1) is 25.3 Å². The number of amides is 2. The molecule has 55 heavy (non-hydrogen) atoms. The van der Waals surface area contributed by atoms with E-state index in [1.54, 1.807) is 75.0 Å². The molecule has 0 fully saturated rings. The number of aromatic nitrogens is 2. The number of hydrogen-bond acceptors (Lipinski definition) is 9. The van der Waals surface area contributed by atoms with Crippen molar-refractivity contribution >= 4 is 23.6 Å². The number of aryl methyl sites for hydroxylation is 1. The van der Waals surface area contributed by atoms with Crippen LogP contribution < -0.4 is 15.4 Å². The Labute approximate surface area is 321 Å². The quantitative estimate of drug-likeness (QED) is 0.0959. The van der Waals surface area contributed by atoms with Crippen molar-refractivity contribution in [1.29, 1.82) is 0 Å². The Kier molecular flexibility index (Phi) is 18.0. The number of benzene rings is 2. The van der Waals surface area contributed by atoms with Gasteiger partial charge in [-0.3, -0.25) is 24.4 Å². The largest absolute Gasteiger partial charge is 0.489 e. The molecule has 0 saturated heterocycles. The third-order valence-corrected chi connectivity index (χ3v) is 8.33. The maximum absolute atomic E-state index is 14.6. The minimum absolute atomic E-state index is 0.0290. The normalized spacial score (nSPS) is 12.2. The fourth-order valence-corrected chi connectivity index (χ4v) is 5.02. The molecule has 1 unspecified atom stereocenters. The molecule has 0 spiro atoms. The first kappa shape index (κ1) is 43.8. The van der Waals surface area contributed by atoms with Crippen LogP contribution in [0.3, 0.4) is 0 Å². The molecule has 2 aromatic carbocycles. The lowest BCUT2D eigenvalue weighted by molar-refractivity contribution is -0.159. The summed E-state index contributed by atoms with van der Waals surface area (Å²) >= 11 is 0. The molecular formula is C42H50F2N4O7. The van der Waals surface area contributed by atoms with E-state index in [1.165, 1.54) is 6.92 Å². The van der Waals surface area contributed by atoms with E-state index in [0.717, 1.165) is 16.7 Å². The van der Waals surface area contributed by atoms with Crippen LogP contribution in [0.1, 0.15) is 63.3 Å². The SMILES string of the molecule is CC(=O)[C@@H](NC(=O)OCc1cccnc1)C(C)C.CC(C)C(COCc1cccnc1)NC(=O)C(F)(F)C(=O)CCc1ccc(OCc2ccccc2)cc1. The number of Topliss-reactive ketones (excluding diaryl/α,β-unsaturated/α-hetero) is 2. The second-order valence-corrected chi connectivity index (χ2v) is 13.5. The van der Waals surface area contributed by atoms with E-state index in [9.17, 15) is 28.0 Å². The van der Waals surface area contributed by atoms with Crippen LogP contribution in [0.2, 0.25) is 0 Å². The summed E-state index contributed by atoms with van der Waals surface area (Å²) in [6, 6.07) is 22.6. The van der Waals surface area contributed by atoms with Gasteiger partial charge in [-0.1, -0.05) is 82.3 Å². The van der Waals surface area contributed by atoms with Gasteiger partial charge in [0.1, 0.15) is 19.0 Å². The van der Waals surface area contributed by atoms with E-state index in [1.807, 2.05) is 56.3 Å². The maximum atomic E-state index is 14.6. The highest BCUT2D eigenvalue weighted by atomic mass is 19.3. The van der Waals surface area contributed by atoms with Crippen LogP contribution in [0.4, 0.5) is 13.6 Å². The van der Waals surface area contributed by atoms with Crippen molar-refractivity contribution in [2.75, 3.05) is 6.61 Å². The number of ether oxygens (including phenoxy) is 3. The molecule has 4 rings (SSSR count). The van der Waals surface area contributed by atoms with E-state index in [0.29, 0.717) is 17.9 Å². The van der Waals surface area contributed by atoms with Crippen LogP contribution in [-0.4, -0.2) is 58.1 Å². The number of carbonyl (C=O) groups excluding carboxylic acids is 4. The number of nitrogens with one attached hydrogen (secondary N) is 2. The van der Waals surface area contributed by atoms with Crippen molar-refractivity contribution in [1.82, 2.24) is 20.6 Å². The average Bonchev–Trinajstić information content (AvgIpc) is 3.18. The lowest BCUT2D eigenvalue weighted by atomic mass is 10.0. The van der Waals surface area contributed by atoms with Gasteiger partial charge in [-0.15, -0.1) is 0 Å². The van der Waals surface area contributed by atoms with E-state index >= 15 is 0 Å². The first-order chi connectivity index (χ1) is 26.3. The zero-order valence-electron chi connectivity index (χ0n) is 31.9. The summed E-state index contributed by atoms with van der Waals surface area (Å²) in [7, 11) is 0. The molecule has 0 radical (unpaired) electrons. The van der Waals surface area contributed by atoms with Gasteiger partial charge >= 0.3 is 12.0 Å². The Hall–Kier alpha value is -5.56. The van der Waals surface area contributed by atoms with E-state index < -0.39 is 42.2 Å². The molecule has 2 N–H and O–H groups in total. The minimum Gasteiger partial charge on any atom is -0.489 e. The fraction of sp³-hybridized carbons (Fsp3) is 0.381. The van der Waals surface area contributed by atoms with Crippen molar-refractivity contribution in [3.63, 3.8) is 0 Å². The Morgan fingerprint density at radius 1 is 0.709 bits per heavy atom. The Morgan fingerprint density at radius 2 is 1.31 bits per heavy atom. The highest BCUT2D eigenvalue weighted by molar-refractivity contribution is 6.07. The summed E-state index contributed by atoms with van der Waals surface area (Å²) in [6.07, 6.45) is 5.58. The fourth-order valence-electron chi connectivity index (χ4n) is 5.02. The zero-order valence-corrected chi connectivity index (χ0v) is 31.9. The number of alkyl halides is 2.